The van der Waals surface area contributed by atoms with E-state index in [2.05, 4.69) is 45.1 Å². The molecule has 5 fully saturated rings. The number of allylic oxidation sites excluding steroid dienone is 1. The van der Waals surface area contributed by atoms with Crippen LogP contribution in [0.5, 0.6) is 0 Å². The Kier molecular flexibility index (Phi) is 5.71. The molecule has 2 saturated carbocycles. The molecule has 3 nitrogen and oxygen atoms in total. The Bertz CT molecular complexity index is 762. The Morgan fingerprint density at radius 1 is 1.09 bits per heavy atom. The van der Waals surface area contributed by atoms with E-state index in [1.807, 2.05) is 0 Å². The number of hydrogen-bond acceptors (Lipinski definition) is 2. The van der Waals surface area contributed by atoms with Crippen LogP contribution in [0, 0.1) is 40.4 Å². The molecule has 0 amide bonds. The molecular formula is C29H49O3+. The van der Waals surface area contributed by atoms with Gasteiger partial charge >= 0.3 is 5.79 Å². The molecule has 6 rings (SSSR count). The van der Waals surface area contributed by atoms with Gasteiger partial charge in [0.25, 0.3) is 6.10 Å². The molecule has 182 valence electrons. The molecule has 0 aromatic carbocycles. The van der Waals surface area contributed by atoms with Crippen LogP contribution in [0.3, 0.4) is 0 Å². The van der Waals surface area contributed by atoms with Crippen LogP contribution in [-0.2, 0) is 13.8 Å². The zero-order chi connectivity index (χ0) is 21.6. The number of ether oxygens (including phenoxy) is 2. The molecule has 10 atom stereocenters. The van der Waals surface area contributed by atoms with E-state index >= 15 is 0 Å². The Balaban J connectivity index is 0.00000216. The minimum Gasteiger partial charge on any atom is -0.378 e. The average molecular weight is 446 g/mol. The van der Waals surface area contributed by atoms with Crippen LogP contribution < -0.4 is 0 Å². The first kappa shape index (κ1) is 23.4. The lowest BCUT2D eigenvalue weighted by atomic mass is 9.45. The SMILES string of the molecule is C.CCO[C@H]1CC[C@@]2(C)C(=CC[C@H]3[C@H](C)[C@@](C)([C@@H]4C[O+]5[C@H]6CCCO[C@]65[C@H]4C)CC[C@@H]32)C1. The summed E-state index contributed by atoms with van der Waals surface area (Å²) in [6, 6.07) is 0. The summed E-state index contributed by atoms with van der Waals surface area (Å²) in [5.41, 5.74) is 2.60. The van der Waals surface area contributed by atoms with Gasteiger partial charge < -0.3 is 13.8 Å². The molecule has 0 aromatic rings. The van der Waals surface area contributed by atoms with Crippen LogP contribution in [0.2, 0.25) is 0 Å². The lowest BCUT2D eigenvalue weighted by Crippen LogP contribution is -2.53. The molecular weight excluding hydrogens is 396 g/mol. The number of epoxide rings is 1. The van der Waals surface area contributed by atoms with Gasteiger partial charge in [-0.05, 0) is 80.5 Å². The third-order valence-electron chi connectivity index (χ3n) is 11.7. The van der Waals surface area contributed by atoms with Crippen molar-refractivity contribution in [1.82, 2.24) is 0 Å². The molecule has 0 aromatic heterocycles. The lowest BCUT2D eigenvalue weighted by Gasteiger charge is -2.59. The normalized spacial score (nSPS) is 54.4. The van der Waals surface area contributed by atoms with Gasteiger partial charge in [-0.1, -0.05) is 46.8 Å². The monoisotopic (exact) mass is 445 g/mol. The largest absolute Gasteiger partial charge is 0.378 e. The average Bonchev–Trinajstić information content (AvgIpc) is 3.33. The first-order valence-corrected chi connectivity index (χ1v) is 13.5. The van der Waals surface area contributed by atoms with Crippen LogP contribution in [0.4, 0.5) is 0 Å². The molecule has 3 aliphatic heterocycles. The van der Waals surface area contributed by atoms with Crippen LogP contribution in [0.1, 0.15) is 93.4 Å². The minimum atomic E-state index is 0. The molecule has 0 radical (unpaired) electrons. The Morgan fingerprint density at radius 2 is 1.91 bits per heavy atom. The second-order valence-corrected chi connectivity index (χ2v) is 12.5. The second-order valence-electron chi connectivity index (χ2n) is 12.5. The quantitative estimate of drug-likeness (QED) is 0.267. The van der Waals surface area contributed by atoms with Crippen molar-refractivity contribution in [2.45, 2.75) is 111 Å². The van der Waals surface area contributed by atoms with E-state index in [4.69, 9.17) is 9.47 Å². The van der Waals surface area contributed by atoms with Crippen LogP contribution in [0.15, 0.2) is 11.6 Å². The molecule has 3 heteroatoms. The van der Waals surface area contributed by atoms with Gasteiger partial charge in [-0.25, -0.2) is 0 Å². The van der Waals surface area contributed by atoms with E-state index in [-0.39, 0.29) is 13.2 Å². The summed E-state index contributed by atoms with van der Waals surface area (Å²) in [4.78, 5) is 0. The van der Waals surface area contributed by atoms with E-state index in [0.29, 0.717) is 29.0 Å². The summed E-state index contributed by atoms with van der Waals surface area (Å²) in [6.45, 7) is 15.6. The number of rotatable bonds is 3. The van der Waals surface area contributed by atoms with Crippen LogP contribution in [-0.4, -0.2) is 37.8 Å². The van der Waals surface area contributed by atoms with Gasteiger partial charge in [-0.3, -0.25) is 0 Å². The highest BCUT2D eigenvalue weighted by molar-refractivity contribution is 5.25. The van der Waals surface area contributed by atoms with Crippen molar-refractivity contribution in [3.63, 3.8) is 0 Å². The fraction of sp³-hybridized carbons (Fsp3) is 0.931. The molecule has 0 unspecified atom stereocenters. The maximum Gasteiger partial charge on any atom is 0.352 e. The fourth-order valence-electron chi connectivity index (χ4n) is 9.69. The van der Waals surface area contributed by atoms with Crippen molar-refractivity contribution in [2.24, 2.45) is 40.4 Å². The highest BCUT2D eigenvalue weighted by Crippen LogP contribution is 2.70. The van der Waals surface area contributed by atoms with Crippen molar-refractivity contribution in [2.75, 3.05) is 19.8 Å². The van der Waals surface area contributed by atoms with Crippen molar-refractivity contribution >= 4 is 0 Å². The van der Waals surface area contributed by atoms with Crippen molar-refractivity contribution < 1.29 is 13.8 Å². The third kappa shape index (κ3) is 2.89. The standard InChI is InChI=1S/C28H45O3.CH4/c1-6-29-21-11-13-27(5)20(16-21)9-10-22-18(2)26(4,14-12-23(22)27)24-17-31-25-8-7-15-30-28(25,31)19(24)3;/h9,18-19,21-25H,6-8,10-17H2,1-5H3;1H4/q+1;/t18-,19-,21-,22-,23-,24+,25-,26-,27-,28-;/m0./s1. The summed E-state index contributed by atoms with van der Waals surface area (Å²) >= 11 is 0. The predicted octanol–water partition coefficient (Wildman–Crippen LogP) is 6.92. The van der Waals surface area contributed by atoms with E-state index in [1.54, 1.807) is 5.57 Å². The highest BCUT2D eigenvalue weighted by Gasteiger charge is 2.85. The van der Waals surface area contributed by atoms with Gasteiger partial charge in [-0.15, -0.1) is 0 Å². The summed E-state index contributed by atoms with van der Waals surface area (Å²) in [5.74, 6) is 3.96. The van der Waals surface area contributed by atoms with E-state index in [9.17, 15) is 0 Å². The van der Waals surface area contributed by atoms with Gasteiger partial charge in [0, 0.05) is 18.9 Å². The second kappa shape index (κ2) is 7.82. The van der Waals surface area contributed by atoms with Gasteiger partial charge in [0.1, 0.15) is 0 Å². The van der Waals surface area contributed by atoms with Gasteiger partial charge in [0.2, 0.25) is 0 Å². The summed E-state index contributed by atoms with van der Waals surface area (Å²) < 4.78 is 16.2. The Morgan fingerprint density at radius 3 is 2.69 bits per heavy atom. The molecule has 0 N–H and O–H groups in total. The lowest BCUT2D eigenvalue weighted by molar-refractivity contribution is -0.129. The summed E-state index contributed by atoms with van der Waals surface area (Å²) in [5, 5.41) is 0. The molecule has 3 heterocycles. The van der Waals surface area contributed by atoms with E-state index in [1.165, 1.54) is 58.0 Å². The fourth-order valence-corrected chi connectivity index (χ4v) is 9.69. The minimum absolute atomic E-state index is 0. The predicted molar refractivity (Wildman–Crippen MR) is 131 cm³/mol. The van der Waals surface area contributed by atoms with Gasteiger partial charge in [0.05, 0.1) is 18.6 Å². The van der Waals surface area contributed by atoms with Crippen LogP contribution >= 0.6 is 0 Å². The van der Waals surface area contributed by atoms with Crippen molar-refractivity contribution in [1.29, 1.82) is 0 Å². The number of hydrogen-bond donors (Lipinski definition) is 0. The van der Waals surface area contributed by atoms with Crippen molar-refractivity contribution in [3.05, 3.63) is 11.6 Å². The van der Waals surface area contributed by atoms with Gasteiger partial charge in [-0.2, -0.15) is 0 Å². The molecule has 1 spiro atoms. The molecule has 6 aliphatic rings. The maximum atomic E-state index is 6.47. The summed E-state index contributed by atoms with van der Waals surface area (Å²) in [7, 11) is 0. The molecule has 0 bridgehead atoms. The van der Waals surface area contributed by atoms with Crippen LogP contribution in [0.25, 0.3) is 0 Å². The van der Waals surface area contributed by atoms with E-state index in [0.717, 1.165) is 36.9 Å². The number of fused-ring (bicyclic) bond motifs is 4. The first-order chi connectivity index (χ1) is 14.9. The Labute approximate surface area is 197 Å². The first-order valence-electron chi connectivity index (χ1n) is 13.5. The maximum absolute atomic E-state index is 6.47. The molecule has 32 heavy (non-hydrogen) atoms. The zero-order valence-electron chi connectivity index (χ0n) is 20.6. The summed E-state index contributed by atoms with van der Waals surface area (Å²) in [6.07, 6.45) is 14.2. The topological polar surface area (TPSA) is 21.2 Å². The Hall–Kier alpha value is -0.380. The molecule has 3 aliphatic carbocycles. The van der Waals surface area contributed by atoms with Crippen molar-refractivity contribution in [3.8, 4) is 0 Å². The highest BCUT2D eigenvalue weighted by atomic mass is 16.9. The van der Waals surface area contributed by atoms with Gasteiger partial charge in [0.15, 0.2) is 6.61 Å². The third-order valence-corrected chi connectivity index (χ3v) is 11.7. The smallest absolute Gasteiger partial charge is 0.352 e. The zero-order valence-corrected chi connectivity index (χ0v) is 20.6. The van der Waals surface area contributed by atoms with E-state index < -0.39 is 0 Å². The molecule has 3 saturated heterocycles.